The summed E-state index contributed by atoms with van der Waals surface area (Å²) >= 11 is -2.91. The molecule has 0 saturated heterocycles. The Morgan fingerprint density at radius 3 is 1.57 bits per heavy atom. The molecule has 0 unspecified atom stereocenters. The number of amides is 2. The van der Waals surface area contributed by atoms with Gasteiger partial charge in [-0.2, -0.15) is 0 Å². The molecule has 3 aromatic carbocycles. The summed E-state index contributed by atoms with van der Waals surface area (Å²) in [5, 5.41) is 25.2. The van der Waals surface area contributed by atoms with Crippen LogP contribution in [0.5, 0.6) is 11.5 Å². The maximum atomic E-state index is 12.9. The molecule has 0 aliphatic carbocycles. The Morgan fingerprint density at radius 2 is 1.11 bits per heavy atom. The number of phenols is 2. The molecule has 3 rings (SSSR count). The van der Waals surface area contributed by atoms with Gasteiger partial charge in [-0.05, 0) is 0 Å². The van der Waals surface area contributed by atoms with E-state index in [1.54, 1.807) is 36.4 Å². The van der Waals surface area contributed by atoms with Gasteiger partial charge in [0.05, 0.1) is 0 Å². The zero-order valence-electron chi connectivity index (χ0n) is 14.5. The summed E-state index contributed by atoms with van der Waals surface area (Å²) in [6, 6.07) is 22.1. The number of hydrogen-bond donors (Lipinski definition) is 4. The first-order chi connectivity index (χ1) is 13.5. The summed E-state index contributed by atoms with van der Waals surface area (Å²) in [7, 11) is 0. The number of hydrogen-bond acceptors (Lipinski definition) is 4. The van der Waals surface area contributed by atoms with Crippen LogP contribution in [0.2, 0.25) is 0 Å². The third-order valence-corrected chi connectivity index (χ3v) is 13.9. The summed E-state index contributed by atoms with van der Waals surface area (Å²) in [4.78, 5) is 25.0. The molecule has 3 aromatic rings. The predicted octanol–water partition coefficient (Wildman–Crippen LogP) is 3.05. The number of aromatic hydroxyl groups is 2. The number of para-hydroxylation sites is 4. The number of benzene rings is 3. The number of carbonyl (C=O) groups excluding carboxylic acids is 2. The van der Waals surface area contributed by atoms with Gasteiger partial charge in [-0.15, -0.1) is 0 Å². The fourth-order valence-corrected chi connectivity index (χ4v) is 10.6. The van der Waals surface area contributed by atoms with Crippen molar-refractivity contribution in [2.45, 2.75) is 0 Å². The molecule has 0 spiro atoms. The fourth-order valence-electron chi connectivity index (χ4n) is 2.20. The van der Waals surface area contributed by atoms with E-state index < -0.39 is 21.7 Å². The van der Waals surface area contributed by atoms with E-state index in [1.807, 2.05) is 30.3 Å². The molecule has 0 fully saturated rings. The summed E-state index contributed by atoms with van der Waals surface area (Å²) < 4.78 is 0.930. The molecule has 0 aliphatic rings. The number of phenolic OH excluding ortho intramolecular Hbond substituents is 2. The molecule has 28 heavy (non-hydrogen) atoms. The van der Waals surface area contributed by atoms with Gasteiger partial charge in [0.15, 0.2) is 0 Å². The normalized spacial score (nSPS) is 10.5. The first kappa shape index (κ1) is 20.0. The van der Waals surface area contributed by atoms with E-state index >= 15 is 0 Å². The number of anilines is 2. The molecule has 0 aromatic heterocycles. The van der Waals surface area contributed by atoms with Gasteiger partial charge in [0.2, 0.25) is 0 Å². The quantitative estimate of drug-likeness (QED) is 0.305. The first-order valence-corrected chi connectivity index (χ1v) is 15.1. The van der Waals surface area contributed by atoms with Crippen molar-refractivity contribution in [3.8, 4) is 11.5 Å². The molecule has 0 saturated carbocycles. The molecule has 143 valence electrons. The van der Waals surface area contributed by atoms with Crippen LogP contribution in [0.3, 0.4) is 0 Å². The van der Waals surface area contributed by atoms with Gasteiger partial charge in [0.25, 0.3) is 0 Å². The van der Waals surface area contributed by atoms with Crippen LogP contribution in [0.15, 0.2) is 78.9 Å². The topological polar surface area (TPSA) is 98.7 Å². The van der Waals surface area contributed by atoms with Crippen molar-refractivity contribution in [2.75, 3.05) is 10.6 Å². The molecule has 2 amide bonds. The van der Waals surface area contributed by atoms with Crippen LogP contribution in [0.1, 0.15) is 0 Å². The Morgan fingerprint density at radius 1 is 0.679 bits per heavy atom. The third kappa shape index (κ3) is 5.15. The van der Waals surface area contributed by atoms with Crippen molar-refractivity contribution in [1.29, 1.82) is 0 Å². The number of nitrogens with one attached hydrogen (secondary N) is 2. The number of rotatable bonds is 6. The second-order valence-electron chi connectivity index (χ2n) is 5.52. The minimum atomic E-state index is -2.52. The van der Waals surface area contributed by atoms with Crippen LogP contribution in [0.4, 0.5) is 21.0 Å². The Bertz CT molecular complexity index is 923. The van der Waals surface area contributed by atoms with Gasteiger partial charge in [-0.1, -0.05) is 0 Å². The average Bonchev–Trinajstić information content (AvgIpc) is 2.70. The Labute approximate surface area is 171 Å². The molecule has 0 bridgehead atoms. The average molecular weight is 507 g/mol. The minimum absolute atomic E-state index is 0.0606. The van der Waals surface area contributed by atoms with E-state index in [2.05, 4.69) is 10.6 Å². The van der Waals surface area contributed by atoms with Crippen LogP contribution in [0.25, 0.3) is 0 Å². The van der Waals surface area contributed by atoms with E-state index in [9.17, 15) is 19.8 Å². The molecular formula is C20H17N2O4Se2. The molecule has 1 radical (unpaired) electrons. The Kier molecular flexibility index (Phi) is 6.74. The van der Waals surface area contributed by atoms with Crippen molar-refractivity contribution in [3.63, 3.8) is 0 Å². The molecule has 0 aliphatic heterocycles. The van der Waals surface area contributed by atoms with E-state index in [4.69, 9.17) is 0 Å². The first-order valence-electron chi connectivity index (χ1n) is 8.20. The SMILES string of the molecule is O=C(Nc1ccccc1O)[Se]([Se]c1ccccc1)C(=O)Nc1ccccc1O. The van der Waals surface area contributed by atoms with Crippen LogP contribution < -0.4 is 15.1 Å². The molecule has 8 heteroatoms. The zero-order chi connectivity index (χ0) is 19.9. The molecular weight excluding hydrogens is 490 g/mol. The van der Waals surface area contributed by atoms with Crippen molar-refractivity contribution >= 4 is 50.7 Å². The molecule has 6 nitrogen and oxygen atoms in total. The molecule has 4 N–H and O–H groups in total. The van der Waals surface area contributed by atoms with Crippen molar-refractivity contribution in [1.82, 2.24) is 0 Å². The standard InChI is InChI=1S/C20H17N2O4Se2/c23-17-12-6-4-10-15(17)21-19(25)28(27-14-8-2-1-3-9-14)20(26)22-16-11-5-7-13-18(16)24/h1-13,23-24H,(H,21,25)(H,22,26). The summed E-state index contributed by atoms with van der Waals surface area (Å²) in [5.74, 6) is -0.121. The summed E-state index contributed by atoms with van der Waals surface area (Å²) in [6.45, 7) is 0. The Balaban J connectivity index is 1.83. The molecule has 0 atom stereocenters. The zero-order valence-corrected chi connectivity index (χ0v) is 18.0. The number of carbonyl (C=O) groups is 2. The van der Waals surface area contributed by atoms with E-state index in [1.165, 1.54) is 12.1 Å². The van der Waals surface area contributed by atoms with E-state index in [0.717, 1.165) is 4.46 Å². The van der Waals surface area contributed by atoms with Gasteiger partial charge in [0, 0.05) is 0 Å². The van der Waals surface area contributed by atoms with Crippen molar-refractivity contribution in [3.05, 3.63) is 78.9 Å². The predicted molar refractivity (Wildman–Crippen MR) is 112 cm³/mol. The van der Waals surface area contributed by atoms with Crippen LogP contribution >= 0.6 is 0 Å². The van der Waals surface area contributed by atoms with Gasteiger partial charge in [0.1, 0.15) is 0 Å². The second-order valence-corrected chi connectivity index (χ2v) is 15.0. The van der Waals surface area contributed by atoms with E-state index in [0.29, 0.717) is 0 Å². The Hall–Kier alpha value is -2.76. The van der Waals surface area contributed by atoms with Crippen molar-refractivity contribution in [2.24, 2.45) is 0 Å². The van der Waals surface area contributed by atoms with Crippen LogP contribution in [0, 0.1) is 0 Å². The fraction of sp³-hybridized carbons (Fsp3) is 0. The summed E-state index contributed by atoms with van der Waals surface area (Å²) in [5.41, 5.74) is 0.529. The van der Waals surface area contributed by atoms with E-state index in [-0.39, 0.29) is 36.0 Å². The monoisotopic (exact) mass is 509 g/mol. The van der Waals surface area contributed by atoms with Crippen molar-refractivity contribution < 1.29 is 19.8 Å². The summed E-state index contributed by atoms with van der Waals surface area (Å²) in [6.07, 6.45) is 0. The van der Waals surface area contributed by atoms with Gasteiger partial charge >= 0.3 is 171 Å². The third-order valence-electron chi connectivity index (χ3n) is 3.54. The van der Waals surface area contributed by atoms with Crippen LogP contribution in [-0.2, 0) is 0 Å². The van der Waals surface area contributed by atoms with Gasteiger partial charge in [-0.25, -0.2) is 0 Å². The van der Waals surface area contributed by atoms with Crippen LogP contribution in [-0.4, -0.2) is 45.0 Å². The maximum absolute atomic E-state index is 12.9. The molecule has 0 heterocycles. The second kappa shape index (κ2) is 9.44. The van der Waals surface area contributed by atoms with Gasteiger partial charge in [-0.3, -0.25) is 0 Å². The van der Waals surface area contributed by atoms with Gasteiger partial charge < -0.3 is 0 Å².